The van der Waals surface area contributed by atoms with Gasteiger partial charge in [0.2, 0.25) is 11.9 Å². The summed E-state index contributed by atoms with van der Waals surface area (Å²) in [7, 11) is 0. The molecule has 1 unspecified atom stereocenters. The molecule has 1 saturated heterocycles. The summed E-state index contributed by atoms with van der Waals surface area (Å²) >= 11 is 0. The van der Waals surface area contributed by atoms with E-state index >= 15 is 0 Å². The zero-order valence-corrected chi connectivity index (χ0v) is 10.4. The van der Waals surface area contributed by atoms with Crippen LogP contribution in [0.3, 0.4) is 0 Å². The van der Waals surface area contributed by atoms with E-state index in [0.29, 0.717) is 11.9 Å². The lowest BCUT2D eigenvalue weighted by Crippen LogP contribution is -2.44. The number of carbonyl (C=O) groups is 1. The van der Waals surface area contributed by atoms with Gasteiger partial charge in [-0.25, -0.2) is 4.98 Å². The van der Waals surface area contributed by atoms with Crippen LogP contribution in [0.2, 0.25) is 0 Å². The topological polar surface area (TPSA) is 69.8 Å². The Bertz CT molecular complexity index is 366. The Labute approximate surface area is 101 Å². The molecule has 1 aromatic heterocycles. The number of H-pyrrole nitrogens is 1. The first-order valence-corrected chi connectivity index (χ1v) is 6.12. The fraction of sp³-hybridized carbons (Fsp3) is 0.667. The molecule has 2 rings (SSSR count). The van der Waals surface area contributed by atoms with Crippen LogP contribution in [0.25, 0.3) is 0 Å². The molecule has 0 radical (unpaired) electrons. The Balaban J connectivity index is 2.00. The van der Waals surface area contributed by atoms with E-state index in [9.17, 15) is 4.79 Å². The lowest BCUT2D eigenvalue weighted by molar-refractivity contribution is -0.127. The number of nitrogens with one attached hydrogen (secondary N) is 3. The van der Waals surface area contributed by atoms with E-state index < -0.39 is 0 Å². The average Bonchev–Trinajstić information content (AvgIpc) is 2.83. The van der Waals surface area contributed by atoms with Crippen LogP contribution in [0, 0.1) is 11.3 Å². The van der Waals surface area contributed by atoms with Crippen LogP contribution in [0.4, 0.5) is 5.95 Å². The summed E-state index contributed by atoms with van der Waals surface area (Å²) in [6.07, 6.45) is 5.57. The normalized spacial score (nSPS) is 21.2. The Kier molecular flexibility index (Phi) is 3.47. The van der Waals surface area contributed by atoms with Crippen LogP contribution >= 0.6 is 0 Å². The molecule has 2 heterocycles. The number of anilines is 1. The molecule has 1 aromatic rings. The van der Waals surface area contributed by atoms with Crippen molar-refractivity contribution in [1.29, 1.82) is 0 Å². The van der Waals surface area contributed by atoms with Crippen LogP contribution in [-0.4, -0.2) is 29.0 Å². The third kappa shape index (κ3) is 2.66. The first-order valence-electron chi connectivity index (χ1n) is 6.12. The van der Waals surface area contributed by atoms with E-state index in [1.165, 1.54) is 0 Å². The Hall–Kier alpha value is -1.36. The number of piperidine rings is 1. The van der Waals surface area contributed by atoms with Crippen LogP contribution in [0.5, 0.6) is 0 Å². The number of carbonyl (C=O) groups excluding carboxylic acids is 1. The maximum absolute atomic E-state index is 12.2. The van der Waals surface area contributed by atoms with Gasteiger partial charge in [-0.15, -0.1) is 0 Å². The molecule has 1 aliphatic heterocycles. The first-order chi connectivity index (χ1) is 8.10. The minimum atomic E-state index is -0.375. The number of nitrogens with zero attached hydrogens (tertiary/aromatic N) is 1. The van der Waals surface area contributed by atoms with Gasteiger partial charge in [0.25, 0.3) is 0 Å². The molecule has 0 bridgehead atoms. The second-order valence-electron chi connectivity index (χ2n) is 5.16. The van der Waals surface area contributed by atoms with Gasteiger partial charge in [-0.3, -0.25) is 10.1 Å². The highest BCUT2D eigenvalue weighted by atomic mass is 16.2. The van der Waals surface area contributed by atoms with Gasteiger partial charge in [-0.05, 0) is 31.8 Å². The van der Waals surface area contributed by atoms with Crippen molar-refractivity contribution >= 4 is 11.9 Å². The molecule has 0 saturated carbocycles. The molecule has 0 aromatic carbocycles. The summed E-state index contributed by atoms with van der Waals surface area (Å²) in [5.74, 6) is 0.930. The summed E-state index contributed by atoms with van der Waals surface area (Å²) < 4.78 is 0. The van der Waals surface area contributed by atoms with Crippen molar-refractivity contribution in [1.82, 2.24) is 15.3 Å². The number of imidazole rings is 1. The van der Waals surface area contributed by atoms with Crippen LogP contribution in [0.15, 0.2) is 12.4 Å². The van der Waals surface area contributed by atoms with Gasteiger partial charge >= 0.3 is 0 Å². The Morgan fingerprint density at radius 2 is 2.41 bits per heavy atom. The number of hydrogen-bond donors (Lipinski definition) is 3. The van der Waals surface area contributed by atoms with E-state index in [4.69, 9.17) is 0 Å². The molecular weight excluding hydrogens is 216 g/mol. The lowest BCUT2D eigenvalue weighted by atomic mass is 9.74. The number of hydrogen-bond acceptors (Lipinski definition) is 3. The fourth-order valence-electron chi connectivity index (χ4n) is 2.26. The fourth-order valence-corrected chi connectivity index (χ4v) is 2.26. The summed E-state index contributed by atoms with van der Waals surface area (Å²) in [6.45, 7) is 5.98. The highest BCUT2D eigenvalue weighted by Crippen LogP contribution is 2.32. The molecule has 17 heavy (non-hydrogen) atoms. The molecule has 3 N–H and O–H groups in total. The maximum atomic E-state index is 12.2. The van der Waals surface area contributed by atoms with Crippen molar-refractivity contribution in [2.45, 2.75) is 26.7 Å². The number of aromatic nitrogens is 2. The van der Waals surface area contributed by atoms with Crippen molar-refractivity contribution in [2.75, 3.05) is 18.4 Å². The molecule has 5 nitrogen and oxygen atoms in total. The second-order valence-corrected chi connectivity index (χ2v) is 5.16. The Morgan fingerprint density at radius 3 is 3.00 bits per heavy atom. The minimum absolute atomic E-state index is 0.0288. The van der Waals surface area contributed by atoms with Gasteiger partial charge in [0, 0.05) is 17.8 Å². The zero-order valence-electron chi connectivity index (χ0n) is 10.4. The molecule has 1 atom stereocenters. The molecule has 5 heteroatoms. The van der Waals surface area contributed by atoms with E-state index in [0.717, 1.165) is 25.9 Å². The summed E-state index contributed by atoms with van der Waals surface area (Å²) in [6, 6.07) is 0. The Morgan fingerprint density at radius 1 is 1.59 bits per heavy atom. The molecule has 94 valence electrons. The maximum Gasteiger partial charge on any atom is 0.232 e. The first kappa shape index (κ1) is 12.1. The van der Waals surface area contributed by atoms with Gasteiger partial charge in [0.05, 0.1) is 0 Å². The standard InChI is InChI=1S/C12H20N4O/c1-12(2,9-4-3-5-13-8-9)10(17)16-11-14-6-7-15-11/h6-7,9,13H,3-5,8H2,1-2H3,(H2,14,15,16,17). The summed E-state index contributed by atoms with van der Waals surface area (Å²) in [5, 5.41) is 6.18. The van der Waals surface area contributed by atoms with Crippen molar-refractivity contribution in [3.63, 3.8) is 0 Å². The predicted molar refractivity (Wildman–Crippen MR) is 66.6 cm³/mol. The SMILES string of the molecule is CC(C)(C(=O)Nc1ncc[nH]1)C1CCCNC1. The summed E-state index contributed by atoms with van der Waals surface area (Å²) in [5.41, 5.74) is -0.375. The van der Waals surface area contributed by atoms with E-state index in [2.05, 4.69) is 20.6 Å². The van der Waals surface area contributed by atoms with Crippen LogP contribution in [0.1, 0.15) is 26.7 Å². The van der Waals surface area contributed by atoms with Crippen molar-refractivity contribution in [3.05, 3.63) is 12.4 Å². The zero-order chi connectivity index (χ0) is 12.3. The average molecular weight is 236 g/mol. The monoisotopic (exact) mass is 236 g/mol. The number of aromatic amines is 1. The molecular formula is C12H20N4O. The highest BCUT2D eigenvalue weighted by molar-refractivity contribution is 5.93. The van der Waals surface area contributed by atoms with Gasteiger partial charge in [-0.1, -0.05) is 13.8 Å². The lowest BCUT2D eigenvalue weighted by Gasteiger charge is -2.35. The molecule has 1 aliphatic rings. The number of rotatable bonds is 3. The highest BCUT2D eigenvalue weighted by Gasteiger charge is 2.37. The van der Waals surface area contributed by atoms with Crippen molar-refractivity contribution < 1.29 is 4.79 Å². The van der Waals surface area contributed by atoms with E-state index in [-0.39, 0.29) is 11.3 Å². The molecule has 0 spiro atoms. The molecule has 0 aliphatic carbocycles. The van der Waals surface area contributed by atoms with Crippen LogP contribution < -0.4 is 10.6 Å². The third-order valence-electron chi connectivity index (χ3n) is 3.63. The van der Waals surface area contributed by atoms with Gasteiger partial charge in [0.15, 0.2) is 0 Å². The summed E-state index contributed by atoms with van der Waals surface area (Å²) in [4.78, 5) is 19.1. The molecule has 1 fully saturated rings. The smallest absolute Gasteiger partial charge is 0.232 e. The van der Waals surface area contributed by atoms with Gasteiger partial charge in [0.1, 0.15) is 0 Å². The van der Waals surface area contributed by atoms with E-state index in [1.54, 1.807) is 12.4 Å². The van der Waals surface area contributed by atoms with Crippen molar-refractivity contribution in [2.24, 2.45) is 11.3 Å². The second kappa shape index (κ2) is 4.87. The largest absolute Gasteiger partial charge is 0.331 e. The third-order valence-corrected chi connectivity index (χ3v) is 3.63. The van der Waals surface area contributed by atoms with E-state index in [1.807, 2.05) is 13.8 Å². The van der Waals surface area contributed by atoms with Crippen LogP contribution in [-0.2, 0) is 4.79 Å². The predicted octanol–water partition coefficient (Wildman–Crippen LogP) is 1.37. The van der Waals surface area contributed by atoms with Crippen molar-refractivity contribution in [3.8, 4) is 0 Å². The van der Waals surface area contributed by atoms with Gasteiger partial charge < -0.3 is 10.3 Å². The minimum Gasteiger partial charge on any atom is -0.331 e. The van der Waals surface area contributed by atoms with Gasteiger partial charge in [-0.2, -0.15) is 0 Å². The molecule has 1 amide bonds. The quantitative estimate of drug-likeness (QED) is 0.742. The number of amides is 1.